The van der Waals surface area contributed by atoms with E-state index in [9.17, 15) is 9.59 Å². The van der Waals surface area contributed by atoms with Crippen molar-refractivity contribution in [1.82, 2.24) is 0 Å². The number of amides is 1. The summed E-state index contributed by atoms with van der Waals surface area (Å²) >= 11 is 3.31. The van der Waals surface area contributed by atoms with Crippen LogP contribution in [-0.2, 0) is 14.3 Å². The molecular formula is C20H21BrN2O4. The summed E-state index contributed by atoms with van der Waals surface area (Å²) in [5.41, 5.74) is 2.14. The molecule has 1 heterocycles. The Bertz CT molecular complexity index is 787. The lowest BCUT2D eigenvalue weighted by molar-refractivity contribution is -0.123. The molecule has 1 fully saturated rings. The molecule has 2 aromatic rings. The summed E-state index contributed by atoms with van der Waals surface area (Å²) in [5, 5.41) is 2.77. The Labute approximate surface area is 166 Å². The Morgan fingerprint density at radius 1 is 1.07 bits per heavy atom. The number of nitrogens with zero attached hydrogens (tertiary/aromatic N) is 1. The Balaban J connectivity index is 1.54. The second-order valence-corrected chi connectivity index (χ2v) is 7.11. The number of benzene rings is 2. The molecule has 142 valence electrons. The number of rotatable bonds is 5. The molecular weight excluding hydrogens is 412 g/mol. The molecule has 3 rings (SSSR count). The van der Waals surface area contributed by atoms with Gasteiger partial charge in [0, 0.05) is 28.9 Å². The van der Waals surface area contributed by atoms with Crippen LogP contribution in [0.3, 0.4) is 0 Å². The fourth-order valence-electron chi connectivity index (χ4n) is 2.69. The first-order valence-electron chi connectivity index (χ1n) is 8.73. The van der Waals surface area contributed by atoms with E-state index < -0.39 is 12.1 Å². The van der Waals surface area contributed by atoms with Gasteiger partial charge in [0.2, 0.25) is 0 Å². The smallest absolute Gasteiger partial charge is 0.338 e. The highest BCUT2D eigenvalue weighted by molar-refractivity contribution is 9.10. The van der Waals surface area contributed by atoms with Crippen LogP contribution in [0.5, 0.6) is 0 Å². The Morgan fingerprint density at radius 3 is 2.33 bits per heavy atom. The number of anilines is 2. The van der Waals surface area contributed by atoms with Crippen LogP contribution in [0.15, 0.2) is 53.0 Å². The first kappa shape index (κ1) is 19.4. The zero-order valence-corrected chi connectivity index (χ0v) is 16.6. The molecule has 0 aliphatic carbocycles. The third-order valence-corrected chi connectivity index (χ3v) is 4.77. The Kier molecular flexibility index (Phi) is 6.47. The van der Waals surface area contributed by atoms with Crippen molar-refractivity contribution in [3.05, 3.63) is 58.6 Å². The molecule has 6 nitrogen and oxygen atoms in total. The molecule has 0 radical (unpaired) electrons. The van der Waals surface area contributed by atoms with Crippen LogP contribution in [-0.4, -0.2) is 44.3 Å². The highest BCUT2D eigenvalue weighted by Gasteiger charge is 2.19. The van der Waals surface area contributed by atoms with Crippen molar-refractivity contribution >= 4 is 39.2 Å². The number of hydrogen-bond donors (Lipinski definition) is 1. The van der Waals surface area contributed by atoms with E-state index in [2.05, 4.69) is 26.1 Å². The highest BCUT2D eigenvalue weighted by Crippen LogP contribution is 2.19. The average Bonchev–Trinajstić information content (AvgIpc) is 2.69. The van der Waals surface area contributed by atoms with E-state index in [0.29, 0.717) is 11.3 Å². The molecule has 0 aromatic heterocycles. The zero-order chi connectivity index (χ0) is 19.2. The van der Waals surface area contributed by atoms with E-state index in [1.165, 1.54) is 0 Å². The van der Waals surface area contributed by atoms with Crippen molar-refractivity contribution < 1.29 is 19.1 Å². The summed E-state index contributed by atoms with van der Waals surface area (Å²) in [6.45, 7) is 4.71. The monoisotopic (exact) mass is 432 g/mol. The fraction of sp³-hybridized carbons (Fsp3) is 0.300. The van der Waals surface area contributed by atoms with Crippen LogP contribution in [0.1, 0.15) is 17.3 Å². The van der Waals surface area contributed by atoms with Gasteiger partial charge < -0.3 is 19.7 Å². The predicted octanol–water partition coefficient (Wildman–Crippen LogP) is 3.47. The lowest BCUT2D eigenvalue weighted by Crippen LogP contribution is -2.36. The van der Waals surface area contributed by atoms with Gasteiger partial charge >= 0.3 is 5.97 Å². The van der Waals surface area contributed by atoms with Crippen molar-refractivity contribution in [3.8, 4) is 0 Å². The van der Waals surface area contributed by atoms with Gasteiger partial charge in [0.1, 0.15) is 0 Å². The van der Waals surface area contributed by atoms with Gasteiger partial charge in [-0.3, -0.25) is 4.79 Å². The number of hydrogen-bond acceptors (Lipinski definition) is 5. The summed E-state index contributed by atoms with van der Waals surface area (Å²) in [7, 11) is 0. The first-order chi connectivity index (χ1) is 13.0. The number of carbonyl (C=O) groups excluding carboxylic acids is 2. The highest BCUT2D eigenvalue weighted by atomic mass is 79.9. The quantitative estimate of drug-likeness (QED) is 0.732. The van der Waals surface area contributed by atoms with Gasteiger partial charge in [-0.1, -0.05) is 15.9 Å². The Morgan fingerprint density at radius 2 is 1.70 bits per heavy atom. The number of halogens is 1. The van der Waals surface area contributed by atoms with E-state index in [1.54, 1.807) is 31.2 Å². The van der Waals surface area contributed by atoms with Gasteiger partial charge in [-0.05, 0) is 55.5 Å². The van der Waals surface area contributed by atoms with E-state index in [1.807, 2.05) is 24.3 Å². The lowest BCUT2D eigenvalue weighted by atomic mass is 10.2. The van der Waals surface area contributed by atoms with E-state index in [-0.39, 0.29) is 5.91 Å². The van der Waals surface area contributed by atoms with Gasteiger partial charge in [0.25, 0.3) is 5.91 Å². The van der Waals surface area contributed by atoms with Gasteiger partial charge in [-0.25, -0.2) is 4.79 Å². The minimum absolute atomic E-state index is 0.375. The minimum Gasteiger partial charge on any atom is -0.449 e. The van der Waals surface area contributed by atoms with Crippen molar-refractivity contribution in [1.29, 1.82) is 0 Å². The normalized spacial score (nSPS) is 15.1. The van der Waals surface area contributed by atoms with Crippen LogP contribution < -0.4 is 10.2 Å². The molecule has 1 unspecified atom stereocenters. The molecule has 0 saturated carbocycles. The van der Waals surface area contributed by atoms with Crippen molar-refractivity contribution in [3.63, 3.8) is 0 Å². The van der Waals surface area contributed by atoms with Crippen LogP contribution in [0, 0.1) is 0 Å². The number of esters is 1. The summed E-state index contributed by atoms with van der Waals surface area (Å²) in [5.74, 6) is -0.910. The fourth-order valence-corrected chi connectivity index (χ4v) is 2.95. The zero-order valence-electron chi connectivity index (χ0n) is 15.0. The molecule has 1 N–H and O–H groups in total. The Hall–Kier alpha value is -2.38. The van der Waals surface area contributed by atoms with Crippen LogP contribution in [0.2, 0.25) is 0 Å². The second-order valence-electron chi connectivity index (χ2n) is 6.19. The standard InChI is InChI=1S/C20H21BrN2O4/c1-14(27-20(25)15-2-4-16(21)5-3-15)19(24)22-17-6-8-18(9-7-17)23-10-12-26-13-11-23/h2-9,14H,10-13H2,1H3,(H,22,24). The maximum Gasteiger partial charge on any atom is 0.338 e. The molecule has 0 bridgehead atoms. The third-order valence-electron chi connectivity index (χ3n) is 4.24. The molecule has 2 aromatic carbocycles. The maximum absolute atomic E-state index is 12.3. The van der Waals surface area contributed by atoms with Gasteiger partial charge in [-0.15, -0.1) is 0 Å². The van der Waals surface area contributed by atoms with Gasteiger partial charge in [0.05, 0.1) is 18.8 Å². The number of nitrogens with one attached hydrogen (secondary N) is 1. The first-order valence-corrected chi connectivity index (χ1v) is 9.52. The maximum atomic E-state index is 12.3. The molecule has 27 heavy (non-hydrogen) atoms. The largest absolute Gasteiger partial charge is 0.449 e. The lowest BCUT2D eigenvalue weighted by Gasteiger charge is -2.28. The molecule has 0 spiro atoms. The molecule has 7 heteroatoms. The SMILES string of the molecule is CC(OC(=O)c1ccc(Br)cc1)C(=O)Nc1ccc(N2CCOCC2)cc1. The summed E-state index contributed by atoms with van der Waals surface area (Å²) in [4.78, 5) is 26.6. The number of carbonyl (C=O) groups is 2. The number of ether oxygens (including phenoxy) is 2. The van der Waals surface area contributed by atoms with Gasteiger partial charge in [0.15, 0.2) is 6.10 Å². The van der Waals surface area contributed by atoms with Gasteiger partial charge in [-0.2, -0.15) is 0 Å². The molecule has 1 atom stereocenters. The van der Waals surface area contributed by atoms with E-state index in [4.69, 9.17) is 9.47 Å². The minimum atomic E-state index is -0.903. The molecule has 1 amide bonds. The molecule has 1 aliphatic rings. The third kappa shape index (κ3) is 5.30. The summed E-state index contributed by atoms with van der Waals surface area (Å²) in [6.07, 6.45) is -0.903. The van der Waals surface area contributed by atoms with Crippen LogP contribution >= 0.6 is 15.9 Å². The van der Waals surface area contributed by atoms with Crippen LogP contribution in [0.25, 0.3) is 0 Å². The molecule has 1 saturated heterocycles. The second kappa shape index (κ2) is 9.01. The van der Waals surface area contributed by atoms with Crippen LogP contribution in [0.4, 0.5) is 11.4 Å². The van der Waals surface area contributed by atoms with Crippen molar-refractivity contribution in [2.24, 2.45) is 0 Å². The predicted molar refractivity (Wildman–Crippen MR) is 107 cm³/mol. The van der Waals surface area contributed by atoms with Crippen molar-refractivity contribution in [2.75, 3.05) is 36.5 Å². The average molecular weight is 433 g/mol. The molecule has 1 aliphatic heterocycles. The van der Waals surface area contributed by atoms with E-state index in [0.717, 1.165) is 36.5 Å². The van der Waals surface area contributed by atoms with E-state index >= 15 is 0 Å². The summed E-state index contributed by atoms with van der Waals surface area (Å²) in [6, 6.07) is 14.4. The topological polar surface area (TPSA) is 67.9 Å². The van der Waals surface area contributed by atoms with Crippen molar-refractivity contribution in [2.45, 2.75) is 13.0 Å². The summed E-state index contributed by atoms with van der Waals surface area (Å²) < 4.78 is 11.5. The number of morpholine rings is 1.